The minimum Gasteiger partial charge on any atom is -0.479 e. The van der Waals surface area contributed by atoms with E-state index in [1.165, 1.54) is 12.0 Å². The zero-order valence-electron chi connectivity index (χ0n) is 13.4. The van der Waals surface area contributed by atoms with Crippen molar-refractivity contribution < 1.29 is 24.0 Å². The minimum absolute atomic E-state index is 0.0436. The van der Waals surface area contributed by atoms with E-state index in [1.54, 1.807) is 6.07 Å². The summed E-state index contributed by atoms with van der Waals surface area (Å²) >= 11 is 0. The second-order valence-electron chi connectivity index (χ2n) is 6.66. The summed E-state index contributed by atoms with van der Waals surface area (Å²) < 4.78 is 10.3. The second-order valence-corrected chi connectivity index (χ2v) is 6.66. The van der Waals surface area contributed by atoms with Crippen molar-refractivity contribution in [3.8, 4) is 0 Å². The number of carbonyl (C=O) groups excluding carboxylic acids is 1. The second kappa shape index (κ2) is 5.72. The smallest absolute Gasteiger partial charge is 0.332 e. The molecular formula is C15H22N2O5. The molecular weight excluding hydrogens is 288 g/mol. The van der Waals surface area contributed by atoms with Gasteiger partial charge in [0.2, 0.25) is 0 Å². The number of ether oxygens (including phenoxy) is 1. The highest BCUT2D eigenvalue weighted by Gasteiger charge is 2.51. The lowest BCUT2D eigenvalue weighted by Gasteiger charge is -2.33. The van der Waals surface area contributed by atoms with Gasteiger partial charge in [0.25, 0.3) is 5.91 Å². The summed E-state index contributed by atoms with van der Waals surface area (Å²) in [6.45, 7) is 6.17. The topological polar surface area (TPSA) is 92.9 Å². The Bertz CT molecular complexity index is 575. The zero-order chi connectivity index (χ0) is 16.5. The molecule has 0 bridgehead atoms. The first-order valence-electron chi connectivity index (χ1n) is 7.24. The van der Waals surface area contributed by atoms with Gasteiger partial charge < -0.3 is 19.3 Å². The quantitative estimate of drug-likeness (QED) is 0.909. The number of methoxy groups -OCH3 is 1. The zero-order valence-corrected chi connectivity index (χ0v) is 13.4. The molecule has 1 fully saturated rings. The van der Waals surface area contributed by atoms with Crippen LogP contribution in [0.5, 0.6) is 0 Å². The molecule has 1 saturated heterocycles. The van der Waals surface area contributed by atoms with Crippen LogP contribution in [0.1, 0.15) is 49.9 Å². The highest BCUT2D eigenvalue weighted by atomic mass is 16.5. The van der Waals surface area contributed by atoms with Crippen LogP contribution in [-0.2, 0) is 14.9 Å². The van der Waals surface area contributed by atoms with E-state index < -0.39 is 17.4 Å². The summed E-state index contributed by atoms with van der Waals surface area (Å²) in [5.74, 6) is -0.904. The standard InChI is InChI=1S/C15H22N2O5/c1-14(2,3)11-8-10(16-22-11)12(18)17-7-5-6-15(17,9-21-4)13(19)20/h8H,5-7,9H2,1-4H3,(H,19,20). The number of hydrogen-bond acceptors (Lipinski definition) is 5. The van der Waals surface area contributed by atoms with Crippen LogP contribution in [0, 0.1) is 0 Å². The normalized spacial score (nSPS) is 22.1. The van der Waals surface area contributed by atoms with Crippen LogP contribution in [0.15, 0.2) is 10.6 Å². The highest BCUT2D eigenvalue weighted by Crippen LogP contribution is 2.32. The monoisotopic (exact) mass is 310 g/mol. The van der Waals surface area contributed by atoms with Gasteiger partial charge >= 0.3 is 5.97 Å². The Balaban J connectivity index is 2.31. The molecule has 7 heteroatoms. The number of nitrogens with zero attached hydrogens (tertiary/aromatic N) is 2. The minimum atomic E-state index is -1.33. The van der Waals surface area contributed by atoms with Crippen LogP contribution in [0.4, 0.5) is 0 Å². The first-order valence-corrected chi connectivity index (χ1v) is 7.24. The van der Waals surface area contributed by atoms with Crippen molar-refractivity contribution in [3.63, 3.8) is 0 Å². The average molecular weight is 310 g/mol. The third kappa shape index (κ3) is 2.72. The van der Waals surface area contributed by atoms with Crippen molar-refractivity contribution in [2.45, 2.75) is 44.6 Å². The fraction of sp³-hybridized carbons (Fsp3) is 0.667. The maximum Gasteiger partial charge on any atom is 0.332 e. The van der Waals surface area contributed by atoms with Gasteiger partial charge in [-0.25, -0.2) is 4.79 Å². The number of aromatic nitrogens is 1. The van der Waals surface area contributed by atoms with Crippen molar-refractivity contribution in [3.05, 3.63) is 17.5 Å². The number of aliphatic carboxylic acids is 1. The number of likely N-dealkylation sites (tertiary alicyclic amines) is 1. The molecule has 1 aliphatic heterocycles. The molecule has 122 valence electrons. The van der Waals surface area contributed by atoms with Crippen LogP contribution in [0.2, 0.25) is 0 Å². The van der Waals surface area contributed by atoms with E-state index in [-0.39, 0.29) is 17.7 Å². The van der Waals surface area contributed by atoms with E-state index in [4.69, 9.17) is 9.26 Å². The van der Waals surface area contributed by atoms with Crippen molar-refractivity contribution in [1.29, 1.82) is 0 Å². The molecule has 2 heterocycles. The molecule has 1 atom stereocenters. The lowest BCUT2D eigenvalue weighted by atomic mass is 9.93. The Hall–Kier alpha value is -1.89. The van der Waals surface area contributed by atoms with Crippen LogP contribution in [0.25, 0.3) is 0 Å². The Labute approximate surface area is 129 Å². The van der Waals surface area contributed by atoms with E-state index >= 15 is 0 Å². The van der Waals surface area contributed by atoms with Gasteiger partial charge in [0, 0.05) is 25.1 Å². The SMILES string of the molecule is COCC1(C(=O)O)CCCN1C(=O)c1cc(C(C)(C)C)on1. The Kier molecular flexibility index (Phi) is 4.28. The van der Waals surface area contributed by atoms with E-state index in [2.05, 4.69) is 5.16 Å². The molecule has 1 N–H and O–H groups in total. The van der Waals surface area contributed by atoms with E-state index in [0.29, 0.717) is 25.1 Å². The first kappa shape index (κ1) is 16.5. The molecule has 1 amide bonds. The van der Waals surface area contributed by atoms with Gasteiger partial charge in [-0.15, -0.1) is 0 Å². The van der Waals surface area contributed by atoms with Crippen LogP contribution in [-0.4, -0.2) is 52.8 Å². The molecule has 0 saturated carbocycles. The number of rotatable bonds is 4. The molecule has 1 unspecified atom stereocenters. The van der Waals surface area contributed by atoms with Crippen molar-refractivity contribution in [2.24, 2.45) is 0 Å². The van der Waals surface area contributed by atoms with Crippen LogP contribution < -0.4 is 0 Å². The molecule has 0 aromatic carbocycles. The number of hydrogen-bond donors (Lipinski definition) is 1. The van der Waals surface area contributed by atoms with E-state index in [0.717, 1.165) is 0 Å². The average Bonchev–Trinajstić information content (AvgIpc) is 3.05. The molecule has 1 aliphatic rings. The maximum absolute atomic E-state index is 12.7. The predicted molar refractivity (Wildman–Crippen MR) is 77.7 cm³/mol. The van der Waals surface area contributed by atoms with Gasteiger partial charge in [0.1, 0.15) is 5.76 Å². The van der Waals surface area contributed by atoms with Gasteiger partial charge in [-0.3, -0.25) is 4.79 Å². The van der Waals surface area contributed by atoms with Gasteiger partial charge in [0.05, 0.1) is 6.61 Å². The number of carbonyl (C=O) groups is 2. The van der Waals surface area contributed by atoms with Crippen LogP contribution >= 0.6 is 0 Å². The summed E-state index contributed by atoms with van der Waals surface area (Å²) in [7, 11) is 1.43. The molecule has 0 spiro atoms. The molecule has 1 aromatic rings. The number of amides is 1. The molecule has 1 aromatic heterocycles. The first-order chi connectivity index (χ1) is 10.2. The van der Waals surface area contributed by atoms with Crippen molar-refractivity contribution in [1.82, 2.24) is 10.1 Å². The summed E-state index contributed by atoms with van der Waals surface area (Å²) in [4.78, 5) is 25.7. The molecule has 7 nitrogen and oxygen atoms in total. The Morgan fingerprint density at radius 1 is 1.50 bits per heavy atom. The lowest BCUT2D eigenvalue weighted by Crippen LogP contribution is -2.56. The third-order valence-corrected chi connectivity index (χ3v) is 3.98. The van der Waals surface area contributed by atoms with Crippen molar-refractivity contribution >= 4 is 11.9 Å². The van der Waals surface area contributed by atoms with Crippen molar-refractivity contribution in [2.75, 3.05) is 20.3 Å². The van der Waals surface area contributed by atoms with Crippen LogP contribution in [0.3, 0.4) is 0 Å². The summed E-state index contributed by atoms with van der Waals surface area (Å²) in [6.07, 6.45) is 0.983. The van der Waals surface area contributed by atoms with Gasteiger partial charge in [0.15, 0.2) is 11.2 Å². The summed E-state index contributed by atoms with van der Waals surface area (Å²) in [5, 5.41) is 13.4. The van der Waals surface area contributed by atoms with E-state index in [9.17, 15) is 14.7 Å². The Morgan fingerprint density at radius 3 is 2.68 bits per heavy atom. The molecule has 0 radical (unpaired) electrons. The summed E-state index contributed by atoms with van der Waals surface area (Å²) in [5.41, 5.74) is -1.46. The highest BCUT2D eigenvalue weighted by molar-refractivity contribution is 5.97. The maximum atomic E-state index is 12.7. The molecule has 22 heavy (non-hydrogen) atoms. The Morgan fingerprint density at radius 2 is 2.18 bits per heavy atom. The number of carboxylic acid groups (broad SMARTS) is 1. The van der Waals surface area contributed by atoms with Gasteiger partial charge in [-0.2, -0.15) is 0 Å². The molecule has 0 aliphatic carbocycles. The predicted octanol–water partition coefficient (Wildman–Crippen LogP) is 1.68. The lowest BCUT2D eigenvalue weighted by molar-refractivity contribution is -0.151. The number of carboxylic acids is 1. The van der Waals surface area contributed by atoms with E-state index in [1.807, 2.05) is 20.8 Å². The fourth-order valence-corrected chi connectivity index (χ4v) is 2.72. The van der Waals surface area contributed by atoms with Gasteiger partial charge in [-0.05, 0) is 12.8 Å². The molecule has 2 rings (SSSR count). The third-order valence-electron chi connectivity index (χ3n) is 3.98. The summed E-state index contributed by atoms with van der Waals surface area (Å²) in [6, 6.07) is 1.58. The largest absolute Gasteiger partial charge is 0.479 e. The fourth-order valence-electron chi connectivity index (χ4n) is 2.72. The van der Waals surface area contributed by atoms with Gasteiger partial charge in [-0.1, -0.05) is 25.9 Å².